The monoisotopic (exact) mass is 452 g/mol. The second-order valence-corrected chi connectivity index (χ2v) is 9.12. The maximum absolute atomic E-state index is 5.86. The number of nitrogens with zero attached hydrogens (tertiary/aromatic N) is 3. The summed E-state index contributed by atoms with van der Waals surface area (Å²) < 4.78 is 2.34. The van der Waals surface area contributed by atoms with Crippen LogP contribution >= 0.6 is 12.2 Å². The van der Waals surface area contributed by atoms with E-state index >= 15 is 0 Å². The number of aromatic nitrogens is 2. The Morgan fingerprint density at radius 1 is 0.909 bits per heavy atom. The van der Waals surface area contributed by atoms with E-state index in [4.69, 9.17) is 12.2 Å². The fraction of sp³-hybridized carbons (Fsp3) is 0.214. The Bertz CT molecular complexity index is 1260. The Labute approximate surface area is 200 Å². The molecule has 1 aliphatic heterocycles. The highest BCUT2D eigenvalue weighted by atomic mass is 32.1. The van der Waals surface area contributed by atoms with Gasteiger partial charge in [0, 0.05) is 29.8 Å². The highest BCUT2D eigenvalue weighted by molar-refractivity contribution is 7.80. The van der Waals surface area contributed by atoms with Crippen LogP contribution in [0.1, 0.15) is 45.9 Å². The standard InChI is InChI=1S/C28H28N4S/c1-19-12-14-23(15-13-19)32-20(2)17-24(21(32)3)27-26(25-11-7-8-16-29-25)30-28(33)31(27)18-22-9-5-4-6-10-22/h4-17,26-27H,18H2,1-3H3,(H,30,33)/t26-,27+/m1/s1. The van der Waals surface area contributed by atoms with E-state index in [-0.39, 0.29) is 12.1 Å². The van der Waals surface area contributed by atoms with Crippen molar-refractivity contribution in [1.29, 1.82) is 0 Å². The van der Waals surface area contributed by atoms with Crippen LogP contribution in [0.4, 0.5) is 0 Å². The quantitative estimate of drug-likeness (QED) is 0.378. The van der Waals surface area contributed by atoms with Crippen molar-refractivity contribution in [1.82, 2.24) is 19.8 Å². The van der Waals surface area contributed by atoms with Crippen molar-refractivity contribution >= 4 is 17.3 Å². The Morgan fingerprint density at radius 2 is 1.64 bits per heavy atom. The first-order valence-electron chi connectivity index (χ1n) is 11.3. The molecule has 2 aromatic carbocycles. The summed E-state index contributed by atoms with van der Waals surface area (Å²) >= 11 is 5.86. The predicted molar refractivity (Wildman–Crippen MR) is 137 cm³/mol. The summed E-state index contributed by atoms with van der Waals surface area (Å²) in [6.45, 7) is 7.25. The molecule has 4 aromatic rings. The fourth-order valence-electron chi connectivity index (χ4n) is 4.87. The zero-order valence-corrected chi connectivity index (χ0v) is 20.0. The largest absolute Gasteiger partial charge is 0.352 e. The molecule has 0 aliphatic carbocycles. The molecule has 0 unspecified atom stereocenters. The van der Waals surface area contributed by atoms with Gasteiger partial charge in [-0.2, -0.15) is 0 Å². The highest BCUT2D eigenvalue weighted by Crippen LogP contribution is 2.42. The summed E-state index contributed by atoms with van der Waals surface area (Å²) in [4.78, 5) is 6.99. The van der Waals surface area contributed by atoms with E-state index in [2.05, 4.69) is 101 Å². The van der Waals surface area contributed by atoms with Gasteiger partial charge in [0.2, 0.25) is 0 Å². The average Bonchev–Trinajstić information content (AvgIpc) is 3.31. The molecule has 1 N–H and O–H groups in total. The van der Waals surface area contributed by atoms with Crippen molar-refractivity contribution < 1.29 is 0 Å². The molecule has 33 heavy (non-hydrogen) atoms. The van der Waals surface area contributed by atoms with Gasteiger partial charge in [0.15, 0.2) is 5.11 Å². The lowest BCUT2D eigenvalue weighted by Crippen LogP contribution is -2.29. The van der Waals surface area contributed by atoms with Crippen LogP contribution in [0, 0.1) is 20.8 Å². The summed E-state index contributed by atoms with van der Waals surface area (Å²) in [6.07, 6.45) is 1.85. The minimum absolute atomic E-state index is 0.0191. The van der Waals surface area contributed by atoms with E-state index in [1.165, 1.54) is 33.8 Å². The van der Waals surface area contributed by atoms with Gasteiger partial charge in [-0.1, -0.05) is 54.1 Å². The van der Waals surface area contributed by atoms with E-state index in [0.717, 1.165) is 17.4 Å². The minimum Gasteiger partial charge on any atom is -0.352 e. The number of aryl methyl sites for hydroxylation is 2. The first kappa shape index (κ1) is 21.4. The zero-order chi connectivity index (χ0) is 22.9. The summed E-state index contributed by atoms with van der Waals surface area (Å²) in [5.41, 5.74) is 8.39. The highest BCUT2D eigenvalue weighted by Gasteiger charge is 2.41. The molecule has 2 atom stereocenters. The predicted octanol–water partition coefficient (Wildman–Crippen LogP) is 5.97. The van der Waals surface area contributed by atoms with Crippen LogP contribution in [0.25, 0.3) is 5.69 Å². The fourth-order valence-corrected chi connectivity index (χ4v) is 5.18. The lowest BCUT2D eigenvalue weighted by molar-refractivity contribution is 0.310. The van der Waals surface area contributed by atoms with E-state index in [1.54, 1.807) is 0 Å². The molecule has 1 aliphatic rings. The van der Waals surface area contributed by atoms with E-state index in [0.29, 0.717) is 0 Å². The first-order valence-corrected chi connectivity index (χ1v) is 11.7. The van der Waals surface area contributed by atoms with Crippen molar-refractivity contribution in [3.63, 3.8) is 0 Å². The molecule has 1 fully saturated rings. The van der Waals surface area contributed by atoms with Crippen LogP contribution in [0.5, 0.6) is 0 Å². The summed E-state index contributed by atoms with van der Waals surface area (Å²) in [6, 6.07) is 27.6. The average molecular weight is 453 g/mol. The van der Waals surface area contributed by atoms with Crippen LogP contribution in [0.2, 0.25) is 0 Å². The first-order chi connectivity index (χ1) is 16.0. The van der Waals surface area contributed by atoms with Gasteiger partial charge in [-0.3, -0.25) is 4.98 Å². The van der Waals surface area contributed by atoms with Crippen LogP contribution in [0.3, 0.4) is 0 Å². The van der Waals surface area contributed by atoms with Gasteiger partial charge < -0.3 is 14.8 Å². The third-order valence-electron chi connectivity index (χ3n) is 6.47. The molecule has 0 bridgehead atoms. The number of nitrogens with one attached hydrogen (secondary N) is 1. The molecular weight excluding hydrogens is 424 g/mol. The van der Waals surface area contributed by atoms with Crippen molar-refractivity contribution in [2.45, 2.75) is 39.4 Å². The maximum Gasteiger partial charge on any atom is 0.170 e. The van der Waals surface area contributed by atoms with Gasteiger partial charge in [0.25, 0.3) is 0 Å². The van der Waals surface area contributed by atoms with Crippen LogP contribution < -0.4 is 5.32 Å². The Hall–Kier alpha value is -3.44. The molecule has 2 aromatic heterocycles. The summed E-state index contributed by atoms with van der Waals surface area (Å²) in [7, 11) is 0. The Kier molecular flexibility index (Phi) is 5.73. The third-order valence-corrected chi connectivity index (χ3v) is 6.83. The number of pyridine rings is 1. The lowest BCUT2D eigenvalue weighted by Gasteiger charge is -2.28. The van der Waals surface area contributed by atoms with Gasteiger partial charge in [0.05, 0.1) is 17.8 Å². The second kappa shape index (κ2) is 8.83. The smallest absolute Gasteiger partial charge is 0.170 e. The topological polar surface area (TPSA) is 33.1 Å². The van der Waals surface area contributed by atoms with Crippen LogP contribution in [-0.2, 0) is 6.54 Å². The number of hydrogen-bond acceptors (Lipinski definition) is 2. The van der Waals surface area contributed by atoms with E-state index < -0.39 is 0 Å². The van der Waals surface area contributed by atoms with Crippen molar-refractivity contribution in [3.05, 3.63) is 119 Å². The maximum atomic E-state index is 5.86. The molecular formula is C28H28N4S. The van der Waals surface area contributed by atoms with Gasteiger partial charge in [0.1, 0.15) is 0 Å². The molecule has 0 spiro atoms. The number of hydrogen-bond donors (Lipinski definition) is 1. The molecule has 166 valence electrons. The molecule has 5 heteroatoms. The molecule has 1 saturated heterocycles. The second-order valence-electron chi connectivity index (χ2n) is 8.74. The Balaban J connectivity index is 1.61. The van der Waals surface area contributed by atoms with Crippen LogP contribution in [-0.4, -0.2) is 19.6 Å². The number of benzene rings is 2. The van der Waals surface area contributed by atoms with Gasteiger partial charge in [-0.15, -0.1) is 0 Å². The summed E-state index contributed by atoms with van der Waals surface area (Å²) in [5.74, 6) is 0. The number of thiocarbonyl (C=S) groups is 1. The molecule has 0 radical (unpaired) electrons. The van der Waals surface area contributed by atoms with Crippen molar-refractivity contribution in [3.8, 4) is 5.69 Å². The minimum atomic E-state index is -0.0191. The molecule has 0 saturated carbocycles. The van der Waals surface area contributed by atoms with Gasteiger partial charge in [-0.25, -0.2) is 0 Å². The number of rotatable bonds is 5. The third kappa shape index (κ3) is 4.05. The molecule has 5 rings (SSSR count). The van der Waals surface area contributed by atoms with Crippen LogP contribution in [0.15, 0.2) is 85.1 Å². The van der Waals surface area contributed by atoms with Gasteiger partial charge in [-0.05, 0) is 74.4 Å². The van der Waals surface area contributed by atoms with Crippen molar-refractivity contribution in [2.75, 3.05) is 0 Å². The molecule has 3 heterocycles. The zero-order valence-electron chi connectivity index (χ0n) is 19.2. The lowest BCUT2D eigenvalue weighted by atomic mass is 9.96. The van der Waals surface area contributed by atoms with Crippen molar-refractivity contribution in [2.24, 2.45) is 0 Å². The molecule has 4 nitrogen and oxygen atoms in total. The molecule has 0 amide bonds. The normalized spacial score (nSPS) is 17.9. The Morgan fingerprint density at radius 3 is 2.33 bits per heavy atom. The van der Waals surface area contributed by atoms with E-state index in [1.807, 2.05) is 24.4 Å². The SMILES string of the molecule is Cc1ccc(-n2c(C)cc([C@H]3[C@@H](c4ccccn4)NC(=S)N3Cc3ccccc3)c2C)cc1. The van der Waals surface area contributed by atoms with Gasteiger partial charge >= 0.3 is 0 Å². The summed E-state index contributed by atoms with van der Waals surface area (Å²) in [5, 5.41) is 4.34. The van der Waals surface area contributed by atoms with E-state index in [9.17, 15) is 0 Å².